The number of para-hydroxylation sites is 2. The molecule has 10 radical (unpaired) electrons. The van der Waals surface area contributed by atoms with E-state index in [-0.39, 0.29) is 33.1 Å². The predicted molar refractivity (Wildman–Crippen MR) is 210 cm³/mol. The molecule has 10 heteroatoms. The third-order valence-electron chi connectivity index (χ3n) is 9.17. The number of rotatable bonds is 4. The Balaban J connectivity index is 1.26. The summed E-state index contributed by atoms with van der Waals surface area (Å²) < 4.78 is 4.50. The summed E-state index contributed by atoms with van der Waals surface area (Å²) >= 11 is 1.69. The molecule has 0 spiro atoms. The van der Waals surface area contributed by atoms with E-state index in [4.69, 9.17) is 54.2 Å². The molecule has 0 N–H and O–H groups in total. The maximum atomic E-state index is 6.53. The molecule has 216 valence electrons. The summed E-state index contributed by atoms with van der Waals surface area (Å²) in [5.74, 6) is 1.16. The van der Waals surface area contributed by atoms with Crippen LogP contribution in [0.1, 0.15) is 0 Å². The number of aromatic nitrogens is 4. The van der Waals surface area contributed by atoms with E-state index in [1.54, 1.807) is 11.3 Å². The molecule has 0 saturated carbocycles. The summed E-state index contributed by atoms with van der Waals surface area (Å²) in [6.45, 7) is 0. The van der Waals surface area contributed by atoms with E-state index in [0.717, 1.165) is 37.9 Å². The van der Waals surface area contributed by atoms with Crippen LogP contribution in [0.5, 0.6) is 0 Å². The zero-order valence-electron chi connectivity index (χ0n) is 26.1. The molecule has 0 amide bonds. The van der Waals surface area contributed by atoms with Crippen LogP contribution in [0.25, 0.3) is 81.8 Å². The fourth-order valence-corrected chi connectivity index (χ4v) is 7.92. The zero-order chi connectivity index (χ0) is 33.4. The third kappa shape index (κ3) is 4.62. The molecule has 0 saturated heterocycles. The number of hydrogen-bond donors (Lipinski definition) is 0. The van der Waals surface area contributed by atoms with Crippen molar-refractivity contribution in [3.63, 3.8) is 0 Å². The van der Waals surface area contributed by atoms with Gasteiger partial charge in [0, 0.05) is 53.3 Å². The molecule has 0 unspecified atom stereocenters. The average molecular weight is 630 g/mol. The van der Waals surface area contributed by atoms with Crippen LogP contribution in [0.4, 0.5) is 0 Å². The van der Waals surface area contributed by atoms with Crippen LogP contribution in [-0.4, -0.2) is 58.8 Å². The van der Waals surface area contributed by atoms with Gasteiger partial charge in [-0.3, -0.25) is 0 Å². The standard InChI is InChI=1S/C39H19B5N4S/c40-31-30(32(41)34(43)35(44)33(31)42)39-46-37(45-38(47-39)26-12-7-11-25-24-10-3-6-15-29(24)49-36(25)26)20-16-18-21(19-17-20)48-27-13-4-1-8-22(27)23-9-2-5-14-28(23)48/h1-19H. The van der Waals surface area contributed by atoms with Crippen molar-refractivity contribution in [3.05, 3.63) is 115 Å². The molecule has 9 rings (SSSR count). The molecule has 6 aromatic carbocycles. The average Bonchev–Trinajstić information content (AvgIpc) is 3.69. The minimum atomic E-state index is 0.129. The summed E-state index contributed by atoms with van der Waals surface area (Å²) in [6, 6.07) is 39.5. The summed E-state index contributed by atoms with van der Waals surface area (Å²) in [7, 11) is 31.8. The summed E-state index contributed by atoms with van der Waals surface area (Å²) in [5.41, 5.74) is 5.94. The Hall–Kier alpha value is -5.33. The van der Waals surface area contributed by atoms with E-state index in [9.17, 15) is 0 Å². The lowest BCUT2D eigenvalue weighted by Gasteiger charge is -2.20. The van der Waals surface area contributed by atoms with E-state index in [1.165, 1.54) is 20.9 Å². The molecule has 0 aliphatic rings. The lowest BCUT2D eigenvalue weighted by Crippen LogP contribution is -2.55. The number of nitrogens with zero attached hydrogens (tertiary/aromatic N) is 4. The van der Waals surface area contributed by atoms with Crippen molar-refractivity contribution >= 4 is 120 Å². The van der Waals surface area contributed by atoms with Crippen LogP contribution in [0.3, 0.4) is 0 Å². The summed E-state index contributed by atoms with van der Waals surface area (Å²) in [4.78, 5) is 14.9. The Morgan fingerprint density at radius 3 is 1.65 bits per heavy atom. The van der Waals surface area contributed by atoms with Crippen LogP contribution in [0, 0.1) is 0 Å². The molecule has 3 heterocycles. The van der Waals surface area contributed by atoms with Crippen molar-refractivity contribution in [1.82, 2.24) is 19.5 Å². The predicted octanol–water partition coefficient (Wildman–Crippen LogP) is 4.31. The molecule has 0 fully saturated rings. The highest BCUT2D eigenvalue weighted by molar-refractivity contribution is 7.26. The van der Waals surface area contributed by atoms with Crippen molar-refractivity contribution in [3.8, 4) is 39.9 Å². The van der Waals surface area contributed by atoms with Gasteiger partial charge in [-0.2, -0.15) is 0 Å². The number of hydrogen-bond acceptors (Lipinski definition) is 4. The number of thiophene rings is 1. The van der Waals surface area contributed by atoms with Gasteiger partial charge in [-0.1, -0.05) is 77.7 Å². The second kappa shape index (κ2) is 11.4. The van der Waals surface area contributed by atoms with Gasteiger partial charge in [-0.05, 0) is 48.5 Å². The van der Waals surface area contributed by atoms with Crippen LogP contribution in [0.15, 0.2) is 115 Å². The van der Waals surface area contributed by atoms with Crippen molar-refractivity contribution < 1.29 is 0 Å². The monoisotopic (exact) mass is 630 g/mol. The second-order valence-corrected chi connectivity index (χ2v) is 13.0. The van der Waals surface area contributed by atoms with Gasteiger partial charge in [0.1, 0.15) is 39.2 Å². The van der Waals surface area contributed by atoms with Gasteiger partial charge in [0.2, 0.25) is 0 Å². The van der Waals surface area contributed by atoms with Crippen LogP contribution in [-0.2, 0) is 0 Å². The Bertz CT molecular complexity index is 2710. The third-order valence-corrected chi connectivity index (χ3v) is 10.4. The Morgan fingerprint density at radius 2 is 0.980 bits per heavy atom. The Labute approximate surface area is 293 Å². The van der Waals surface area contributed by atoms with Crippen LogP contribution < -0.4 is 27.3 Å². The van der Waals surface area contributed by atoms with Gasteiger partial charge < -0.3 is 4.57 Å². The molecule has 4 nitrogen and oxygen atoms in total. The van der Waals surface area contributed by atoms with Crippen LogP contribution in [0.2, 0.25) is 0 Å². The first-order valence-corrected chi connectivity index (χ1v) is 16.5. The molecule has 49 heavy (non-hydrogen) atoms. The Kier molecular flexibility index (Phi) is 6.92. The van der Waals surface area contributed by atoms with Gasteiger partial charge in [0.25, 0.3) is 0 Å². The fraction of sp³-hybridized carbons (Fsp3) is 0. The molecule has 0 aliphatic carbocycles. The maximum absolute atomic E-state index is 6.53. The lowest BCUT2D eigenvalue weighted by molar-refractivity contribution is 1.08. The first kappa shape index (κ1) is 29.8. The summed E-state index contributed by atoms with van der Waals surface area (Å²) in [5, 5.41) is 4.69. The molecule has 9 aromatic rings. The molecule has 0 bridgehead atoms. The second-order valence-electron chi connectivity index (χ2n) is 11.9. The van der Waals surface area contributed by atoms with Gasteiger partial charge in [0.05, 0.1) is 11.0 Å². The molecule has 3 aromatic heterocycles. The molecule has 0 atom stereocenters. The maximum Gasteiger partial charge on any atom is 0.165 e. The van der Waals surface area contributed by atoms with E-state index >= 15 is 0 Å². The van der Waals surface area contributed by atoms with Crippen molar-refractivity contribution in [1.29, 1.82) is 0 Å². The largest absolute Gasteiger partial charge is 0.309 e. The highest BCUT2D eigenvalue weighted by Gasteiger charge is 2.20. The van der Waals surface area contributed by atoms with E-state index in [1.807, 2.05) is 36.4 Å². The van der Waals surface area contributed by atoms with Gasteiger partial charge >= 0.3 is 0 Å². The van der Waals surface area contributed by atoms with Crippen molar-refractivity contribution in [2.24, 2.45) is 0 Å². The first-order chi connectivity index (χ1) is 23.9. The zero-order valence-corrected chi connectivity index (χ0v) is 26.9. The number of benzene rings is 6. The summed E-state index contributed by atoms with van der Waals surface area (Å²) in [6.07, 6.45) is 0. The Morgan fingerprint density at radius 1 is 0.449 bits per heavy atom. The van der Waals surface area contributed by atoms with Gasteiger partial charge in [0.15, 0.2) is 17.5 Å². The number of fused-ring (bicyclic) bond motifs is 6. The normalized spacial score (nSPS) is 11.7. The van der Waals surface area contributed by atoms with Crippen LogP contribution >= 0.6 is 11.3 Å². The van der Waals surface area contributed by atoms with E-state index < -0.39 is 0 Å². The molecule has 0 aliphatic heterocycles. The fourth-order valence-electron chi connectivity index (χ4n) is 6.71. The first-order valence-electron chi connectivity index (χ1n) is 15.7. The molecular formula is C39H19B5N4S. The lowest BCUT2D eigenvalue weighted by atomic mass is 9.60. The van der Waals surface area contributed by atoms with Crippen molar-refractivity contribution in [2.45, 2.75) is 0 Å². The minimum Gasteiger partial charge on any atom is -0.309 e. The highest BCUT2D eigenvalue weighted by Crippen LogP contribution is 2.39. The quantitative estimate of drug-likeness (QED) is 0.273. The SMILES string of the molecule is [B]c1c([B])c([B])c(-c2nc(-c3ccc(-n4c5ccccc5c5ccccc54)cc3)nc(-c3cccc4c3sc3ccccc34)n2)c([B])c1[B]. The molecular weight excluding hydrogens is 611 g/mol. The van der Waals surface area contributed by atoms with E-state index in [0.29, 0.717) is 17.2 Å². The van der Waals surface area contributed by atoms with Gasteiger partial charge in [-0.25, -0.2) is 15.0 Å². The smallest absolute Gasteiger partial charge is 0.165 e. The topological polar surface area (TPSA) is 43.6 Å². The minimum absolute atomic E-state index is 0.129. The highest BCUT2D eigenvalue weighted by atomic mass is 32.1. The van der Waals surface area contributed by atoms with E-state index in [2.05, 4.69) is 83.4 Å². The van der Waals surface area contributed by atoms with Gasteiger partial charge in [-0.15, -0.1) is 27.7 Å². The van der Waals surface area contributed by atoms with Crippen molar-refractivity contribution in [2.75, 3.05) is 0 Å².